The predicted molar refractivity (Wildman–Crippen MR) is 105 cm³/mol. The number of ether oxygens (including phenoxy) is 1. The molecule has 1 N–H and O–H groups in total. The van der Waals surface area contributed by atoms with Gasteiger partial charge in [-0.2, -0.15) is 0 Å². The molecule has 27 heavy (non-hydrogen) atoms. The molecule has 0 spiro atoms. The Morgan fingerprint density at radius 1 is 1.11 bits per heavy atom. The largest absolute Gasteiger partial charge is 0.378 e. The molecule has 1 aromatic rings. The SMILES string of the molecule is Cc1cc(C)c(NC(=O)CCCS(=O)(=O)CC(=O)N2CCOCC2)c(C)c1. The van der Waals surface area contributed by atoms with Gasteiger partial charge < -0.3 is 15.0 Å². The van der Waals surface area contributed by atoms with Gasteiger partial charge in [0.15, 0.2) is 9.84 Å². The van der Waals surface area contributed by atoms with Crippen molar-refractivity contribution in [3.63, 3.8) is 0 Å². The number of nitrogens with zero attached hydrogens (tertiary/aromatic N) is 1. The van der Waals surface area contributed by atoms with Crippen LogP contribution in [0, 0.1) is 20.8 Å². The number of morpholine rings is 1. The van der Waals surface area contributed by atoms with E-state index in [2.05, 4.69) is 5.32 Å². The number of sulfone groups is 1. The van der Waals surface area contributed by atoms with Gasteiger partial charge in [-0.3, -0.25) is 9.59 Å². The van der Waals surface area contributed by atoms with Gasteiger partial charge >= 0.3 is 0 Å². The molecule has 7 nitrogen and oxygen atoms in total. The first-order chi connectivity index (χ1) is 12.7. The van der Waals surface area contributed by atoms with E-state index >= 15 is 0 Å². The van der Waals surface area contributed by atoms with Crippen molar-refractivity contribution in [1.29, 1.82) is 0 Å². The summed E-state index contributed by atoms with van der Waals surface area (Å²) in [6.07, 6.45) is 0.284. The first-order valence-corrected chi connectivity index (χ1v) is 10.9. The topological polar surface area (TPSA) is 92.8 Å². The number of carbonyl (C=O) groups excluding carboxylic acids is 2. The molecule has 0 saturated carbocycles. The molecule has 1 aromatic carbocycles. The third-order valence-electron chi connectivity index (χ3n) is 4.51. The van der Waals surface area contributed by atoms with E-state index in [0.29, 0.717) is 26.3 Å². The summed E-state index contributed by atoms with van der Waals surface area (Å²) in [6, 6.07) is 3.98. The lowest BCUT2D eigenvalue weighted by Crippen LogP contribution is -2.43. The normalized spacial score (nSPS) is 14.9. The summed E-state index contributed by atoms with van der Waals surface area (Å²) >= 11 is 0. The zero-order valence-electron chi connectivity index (χ0n) is 16.2. The molecular weight excluding hydrogens is 368 g/mol. The van der Waals surface area contributed by atoms with Gasteiger partial charge in [0.25, 0.3) is 0 Å². The van der Waals surface area contributed by atoms with Crippen molar-refractivity contribution in [2.45, 2.75) is 33.6 Å². The number of hydrogen-bond donors (Lipinski definition) is 1. The first kappa shape index (κ1) is 21.4. The second kappa shape index (κ2) is 9.32. The van der Waals surface area contributed by atoms with Gasteiger partial charge in [-0.25, -0.2) is 8.42 Å². The average Bonchev–Trinajstić information content (AvgIpc) is 2.58. The smallest absolute Gasteiger partial charge is 0.237 e. The van der Waals surface area contributed by atoms with Crippen molar-refractivity contribution < 1.29 is 22.7 Å². The number of aryl methyl sites for hydroxylation is 3. The van der Waals surface area contributed by atoms with E-state index in [-0.39, 0.29) is 24.5 Å². The lowest BCUT2D eigenvalue weighted by molar-refractivity contribution is -0.132. The van der Waals surface area contributed by atoms with E-state index in [4.69, 9.17) is 4.74 Å². The van der Waals surface area contributed by atoms with Crippen LogP contribution in [0.3, 0.4) is 0 Å². The van der Waals surface area contributed by atoms with Crippen LogP contribution in [0.15, 0.2) is 12.1 Å². The van der Waals surface area contributed by atoms with E-state index in [1.807, 2.05) is 32.9 Å². The van der Waals surface area contributed by atoms with Gasteiger partial charge in [0.2, 0.25) is 11.8 Å². The third kappa shape index (κ3) is 6.62. The fraction of sp³-hybridized carbons (Fsp3) is 0.579. The Hall–Kier alpha value is -1.93. The zero-order valence-corrected chi connectivity index (χ0v) is 17.0. The number of anilines is 1. The molecule has 150 valence electrons. The molecule has 1 saturated heterocycles. The summed E-state index contributed by atoms with van der Waals surface area (Å²) in [7, 11) is -3.53. The maximum atomic E-state index is 12.2. The summed E-state index contributed by atoms with van der Waals surface area (Å²) in [6.45, 7) is 7.56. The summed E-state index contributed by atoms with van der Waals surface area (Å²) in [5, 5.41) is 2.86. The highest BCUT2D eigenvalue weighted by atomic mass is 32.2. The minimum absolute atomic E-state index is 0.0950. The highest BCUT2D eigenvalue weighted by molar-refractivity contribution is 7.92. The van der Waals surface area contributed by atoms with Crippen molar-refractivity contribution in [2.24, 2.45) is 0 Å². The Morgan fingerprint density at radius 3 is 2.30 bits per heavy atom. The molecule has 1 fully saturated rings. The number of rotatable bonds is 7. The molecule has 0 aromatic heterocycles. The van der Waals surface area contributed by atoms with E-state index in [1.54, 1.807) is 0 Å². The molecule has 0 aliphatic carbocycles. The van der Waals surface area contributed by atoms with Crippen LogP contribution in [0.4, 0.5) is 5.69 Å². The van der Waals surface area contributed by atoms with Gasteiger partial charge in [-0.15, -0.1) is 0 Å². The Bertz CT molecular complexity index is 775. The molecule has 8 heteroatoms. The first-order valence-electron chi connectivity index (χ1n) is 9.11. The lowest BCUT2D eigenvalue weighted by atomic mass is 10.0. The predicted octanol–water partition coefficient (Wildman–Crippen LogP) is 1.60. The minimum atomic E-state index is -3.53. The van der Waals surface area contributed by atoms with Gasteiger partial charge in [-0.1, -0.05) is 17.7 Å². The molecule has 0 atom stereocenters. The van der Waals surface area contributed by atoms with Crippen LogP contribution >= 0.6 is 0 Å². The van der Waals surface area contributed by atoms with Crippen LogP contribution in [0.2, 0.25) is 0 Å². The maximum absolute atomic E-state index is 12.2. The second-order valence-corrected chi connectivity index (χ2v) is 9.19. The van der Waals surface area contributed by atoms with Crippen LogP contribution in [-0.4, -0.2) is 62.9 Å². The number of benzene rings is 1. The van der Waals surface area contributed by atoms with Gasteiger partial charge in [-0.05, 0) is 38.3 Å². The van der Waals surface area contributed by atoms with Crippen molar-refractivity contribution in [2.75, 3.05) is 43.1 Å². The Morgan fingerprint density at radius 2 is 1.70 bits per heavy atom. The van der Waals surface area contributed by atoms with E-state index in [1.165, 1.54) is 4.90 Å². The molecular formula is C19H28N2O5S. The summed E-state index contributed by atoms with van der Waals surface area (Å²) in [5.74, 6) is -1.30. The molecule has 0 radical (unpaired) electrons. The fourth-order valence-electron chi connectivity index (χ4n) is 3.20. The Kier molecular flexibility index (Phi) is 7.38. The molecule has 1 aliphatic rings. The van der Waals surface area contributed by atoms with E-state index < -0.39 is 21.5 Å². The fourth-order valence-corrected chi connectivity index (χ4v) is 4.48. The van der Waals surface area contributed by atoms with Crippen molar-refractivity contribution >= 4 is 27.3 Å². The summed E-state index contributed by atoms with van der Waals surface area (Å²) in [4.78, 5) is 25.7. The molecule has 1 aliphatic heterocycles. The molecule has 2 rings (SSSR count). The van der Waals surface area contributed by atoms with Crippen molar-refractivity contribution in [3.05, 3.63) is 28.8 Å². The Labute approximate surface area is 161 Å². The lowest BCUT2D eigenvalue weighted by Gasteiger charge is -2.26. The van der Waals surface area contributed by atoms with E-state index in [0.717, 1.165) is 22.4 Å². The van der Waals surface area contributed by atoms with Gasteiger partial charge in [0, 0.05) is 25.2 Å². The summed E-state index contributed by atoms with van der Waals surface area (Å²) in [5.41, 5.74) is 3.85. The minimum Gasteiger partial charge on any atom is -0.378 e. The highest BCUT2D eigenvalue weighted by Gasteiger charge is 2.23. The second-order valence-electron chi connectivity index (χ2n) is 7.01. The van der Waals surface area contributed by atoms with Crippen LogP contribution in [0.1, 0.15) is 29.5 Å². The van der Waals surface area contributed by atoms with E-state index in [9.17, 15) is 18.0 Å². The van der Waals surface area contributed by atoms with Crippen molar-refractivity contribution in [1.82, 2.24) is 4.90 Å². The number of amides is 2. The van der Waals surface area contributed by atoms with Crippen LogP contribution in [-0.2, 0) is 24.2 Å². The quantitative estimate of drug-likeness (QED) is 0.756. The van der Waals surface area contributed by atoms with Crippen molar-refractivity contribution in [3.8, 4) is 0 Å². The molecule has 0 bridgehead atoms. The van der Waals surface area contributed by atoms with Gasteiger partial charge in [0.1, 0.15) is 5.75 Å². The summed E-state index contributed by atoms with van der Waals surface area (Å²) < 4.78 is 29.5. The molecule has 0 unspecified atom stereocenters. The number of nitrogens with one attached hydrogen (secondary N) is 1. The zero-order chi connectivity index (χ0) is 20.0. The number of hydrogen-bond acceptors (Lipinski definition) is 5. The number of carbonyl (C=O) groups is 2. The highest BCUT2D eigenvalue weighted by Crippen LogP contribution is 2.22. The third-order valence-corrected chi connectivity index (χ3v) is 6.11. The van der Waals surface area contributed by atoms with Crippen LogP contribution in [0.25, 0.3) is 0 Å². The van der Waals surface area contributed by atoms with Gasteiger partial charge in [0.05, 0.1) is 19.0 Å². The monoisotopic (exact) mass is 396 g/mol. The maximum Gasteiger partial charge on any atom is 0.237 e. The standard InChI is InChI=1S/C19H28N2O5S/c1-14-11-15(2)19(16(3)12-14)20-17(22)5-4-10-27(24,25)13-18(23)21-6-8-26-9-7-21/h11-12H,4-10,13H2,1-3H3,(H,20,22). The molecule has 2 amide bonds. The van der Waals surface area contributed by atoms with Crippen LogP contribution in [0.5, 0.6) is 0 Å². The molecule has 1 heterocycles. The van der Waals surface area contributed by atoms with Crippen LogP contribution < -0.4 is 5.32 Å². The average molecular weight is 397 g/mol. The Balaban J connectivity index is 1.80.